The Balaban J connectivity index is 2.54. The van der Waals surface area contributed by atoms with Crippen LogP contribution in [0.3, 0.4) is 0 Å². The average Bonchev–Trinajstić information content (AvgIpc) is 2.12. The van der Waals surface area contributed by atoms with E-state index >= 15 is 0 Å². The van der Waals surface area contributed by atoms with E-state index in [1.807, 2.05) is 6.92 Å². The van der Waals surface area contributed by atoms with Gasteiger partial charge in [0.2, 0.25) is 0 Å². The smallest absolute Gasteiger partial charge is 0.0665 e. The molecule has 0 N–H and O–H groups in total. The van der Waals surface area contributed by atoms with E-state index in [1.54, 1.807) is 0 Å². The fraction of sp³-hybridized carbons (Fsp3) is 0.600. The van der Waals surface area contributed by atoms with E-state index < -0.39 is 0 Å². The summed E-state index contributed by atoms with van der Waals surface area (Å²) in [6.45, 7) is 4.20. The monoisotopic (exact) mass is 162 g/mol. The van der Waals surface area contributed by atoms with Crippen LogP contribution in [0.1, 0.15) is 35.4 Å². The predicted octanol–water partition coefficient (Wildman–Crippen LogP) is 1.97. The van der Waals surface area contributed by atoms with Crippen molar-refractivity contribution in [1.82, 2.24) is 10.2 Å². The van der Waals surface area contributed by atoms with Crippen LogP contribution in [0.5, 0.6) is 0 Å². The molecule has 0 spiro atoms. The first-order valence-corrected chi connectivity index (χ1v) is 4.60. The highest BCUT2D eigenvalue weighted by Gasteiger charge is 2.14. The second-order valence-electron chi connectivity index (χ2n) is 3.54. The zero-order valence-corrected chi connectivity index (χ0v) is 7.72. The second kappa shape index (κ2) is 2.85. The Labute approximate surface area is 73.0 Å². The van der Waals surface area contributed by atoms with E-state index in [2.05, 4.69) is 17.1 Å². The van der Waals surface area contributed by atoms with E-state index in [-0.39, 0.29) is 0 Å². The van der Waals surface area contributed by atoms with Crippen molar-refractivity contribution in [2.24, 2.45) is 0 Å². The lowest BCUT2D eigenvalue weighted by atomic mass is 9.93. The van der Waals surface area contributed by atoms with Crippen LogP contribution in [0.2, 0.25) is 0 Å². The van der Waals surface area contributed by atoms with E-state index in [1.165, 1.54) is 36.1 Å². The highest BCUT2D eigenvalue weighted by molar-refractivity contribution is 5.32. The molecular formula is C10H14N2. The van der Waals surface area contributed by atoms with Crippen LogP contribution >= 0.6 is 0 Å². The fourth-order valence-electron chi connectivity index (χ4n) is 1.83. The van der Waals surface area contributed by atoms with Crippen molar-refractivity contribution in [2.75, 3.05) is 0 Å². The molecule has 64 valence electrons. The van der Waals surface area contributed by atoms with Crippen molar-refractivity contribution in [3.8, 4) is 0 Å². The van der Waals surface area contributed by atoms with Gasteiger partial charge in [0.15, 0.2) is 0 Å². The molecule has 1 aromatic rings. The Morgan fingerprint density at radius 2 is 1.75 bits per heavy atom. The van der Waals surface area contributed by atoms with Gasteiger partial charge in [-0.05, 0) is 50.7 Å². The molecule has 0 saturated carbocycles. The van der Waals surface area contributed by atoms with Crippen LogP contribution in [0.25, 0.3) is 0 Å². The van der Waals surface area contributed by atoms with Gasteiger partial charge in [0.05, 0.1) is 11.4 Å². The summed E-state index contributed by atoms with van der Waals surface area (Å²) in [7, 11) is 0. The van der Waals surface area contributed by atoms with Gasteiger partial charge in [0.25, 0.3) is 0 Å². The predicted molar refractivity (Wildman–Crippen MR) is 48.1 cm³/mol. The largest absolute Gasteiger partial charge is 0.155 e. The van der Waals surface area contributed by atoms with Crippen molar-refractivity contribution in [3.05, 3.63) is 22.5 Å². The SMILES string of the molecule is Cc1nnc2c(c1C)CCCC2. The lowest BCUT2D eigenvalue weighted by Crippen LogP contribution is -2.10. The summed E-state index contributed by atoms with van der Waals surface area (Å²) < 4.78 is 0. The summed E-state index contributed by atoms with van der Waals surface area (Å²) in [5.41, 5.74) is 5.16. The molecule has 1 aromatic heterocycles. The Hall–Kier alpha value is -0.920. The molecule has 0 radical (unpaired) electrons. The third kappa shape index (κ3) is 1.11. The molecule has 0 bridgehead atoms. The van der Waals surface area contributed by atoms with Crippen LogP contribution in [-0.2, 0) is 12.8 Å². The van der Waals surface area contributed by atoms with Crippen LogP contribution in [-0.4, -0.2) is 10.2 Å². The zero-order chi connectivity index (χ0) is 8.55. The van der Waals surface area contributed by atoms with Crippen molar-refractivity contribution in [2.45, 2.75) is 39.5 Å². The molecule has 2 nitrogen and oxygen atoms in total. The number of hydrogen-bond acceptors (Lipinski definition) is 2. The maximum Gasteiger partial charge on any atom is 0.0665 e. The topological polar surface area (TPSA) is 25.8 Å². The molecule has 0 amide bonds. The molecule has 0 fully saturated rings. The molecule has 1 aliphatic carbocycles. The quantitative estimate of drug-likeness (QED) is 0.583. The van der Waals surface area contributed by atoms with Crippen LogP contribution in [0, 0.1) is 13.8 Å². The van der Waals surface area contributed by atoms with E-state index in [0.29, 0.717) is 0 Å². The maximum atomic E-state index is 4.23. The molecule has 1 aliphatic rings. The minimum atomic E-state index is 1.09. The van der Waals surface area contributed by atoms with Gasteiger partial charge in [-0.1, -0.05) is 0 Å². The summed E-state index contributed by atoms with van der Waals surface area (Å²) in [5.74, 6) is 0. The average molecular weight is 162 g/mol. The Morgan fingerprint density at radius 3 is 2.58 bits per heavy atom. The standard InChI is InChI=1S/C10H14N2/c1-7-8(2)11-12-10-6-4-3-5-9(7)10/h3-6H2,1-2H3. The van der Waals surface area contributed by atoms with Gasteiger partial charge in [0, 0.05) is 0 Å². The van der Waals surface area contributed by atoms with Crippen molar-refractivity contribution in [1.29, 1.82) is 0 Å². The third-order valence-electron chi connectivity index (χ3n) is 2.75. The van der Waals surface area contributed by atoms with E-state index in [9.17, 15) is 0 Å². The molecule has 0 unspecified atom stereocenters. The second-order valence-corrected chi connectivity index (χ2v) is 3.54. The van der Waals surface area contributed by atoms with Gasteiger partial charge in [-0.3, -0.25) is 0 Å². The minimum absolute atomic E-state index is 1.09. The summed E-state index contributed by atoms with van der Waals surface area (Å²) in [6.07, 6.45) is 4.93. The summed E-state index contributed by atoms with van der Waals surface area (Å²) in [5, 5.41) is 8.37. The maximum absolute atomic E-state index is 4.23. The first-order chi connectivity index (χ1) is 5.79. The summed E-state index contributed by atoms with van der Waals surface area (Å²) >= 11 is 0. The van der Waals surface area contributed by atoms with Crippen molar-refractivity contribution >= 4 is 0 Å². The molecule has 0 atom stereocenters. The van der Waals surface area contributed by atoms with Gasteiger partial charge in [-0.2, -0.15) is 10.2 Å². The van der Waals surface area contributed by atoms with Crippen LogP contribution in [0.4, 0.5) is 0 Å². The van der Waals surface area contributed by atoms with Crippen LogP contribution < -0.4 is 0 Å². The first-order valence-electron chi connectivity index (χ1n) is 4.60. The van der Waals surface area contributed by atoms with Gasteiger partial charge >= 0.3 is 0 Å². The Morgan fingerprint density at radius 1 is 1.00 bits per heavy atom. The van der Waals surface area contributed by atoms with Gasteiger partial charge < -0.3 is 0 Å². The summed E-state index contributed by atoms with van der Waals surface area (Å²) in [6, 6.07) is 0. The van der Waals surface area contributed by atoms with Gasteiger partial charge in [-0.15, -0.1) is 0 Å². The van der Waals surface area contributed by atoms with Gasteiger partial charge in [0.1, 0.15) is 0 Å². The highest BCUT2D eigenvalue weighted by Crippen LogP contribution is 2.22. The lowest BCUT2D eigenvalue weighted by molar-refractivity contribution is 0.646. The molecule has 1 heterocycles. The lowest BCUT2D eigenvalue weighted by Gasteiger charge is -2.16. The van der Waals surface area contributed by atoms with Gasteiger partial charge in [-0.25, -0.2) is 0 Å². The number of hydrogen-bond donors (Lipinski definition) is 0. The molecule has 2 heteroatoms. The fourth-order valence-corrected chi connectivity index (χ4v) is 1.83. The van der Waals surface area contributed by atoms with E-state index in [4.69, 9.17) is 0 Å². The normalized spacial score (nSPS) is 15.8. The molecular weight excluding hydrogens is 148 g/mol. The number of rotatable bonds is 0. The zero-order valence-electron chi connectivity index (χ0n) is 7.72. The molecule has 2 rings (SSSR count). The number of nitrogens with zero attached hydrogens (tertiary/aromatic N) is 2. The highest BCUT2D eigenvalue weighted by atomic mass is 15.1. The number of aromatic nitrogens is 2. The molecule has 0 saturated heterocycles. The molecule has 0 aromatic carbocycles. The Bertz CT molecular complexity index is 305. The van der Waals surface area contributed by atoms with Crippen molar-refractivity contribution in [3.63, 3.8) is 0 Å². The third-order valence-corrected chi connectivity index (χ3v) is 2.75. The summed E-state index contributed by atoms with van der Waals surface area (Å²) in [4.78, 5) is 0. The number of fused-ring (bicyclic) bond motifs is 1. The Kier molecular flexibility index (Phi) is 1.83. The molecule has 12 heavy (non-hydrogen) atoms. The molecule has 0 aliphatic heterocycles. The number of aryl methyl sites for hydroxylation is 2. The minimum Gasteiger partial charge on any atom is -0.155 e. The van der Waals surface area contributed by atoms with Crippen LogP contribution in [0.15, 0.2) is 0 Å². The van der Waals surface area contributed by atoms with E-state index in [0.717, 1.165) is 12.1 Å². The van der Waals surface area contributed by atoms with Crippen molar-refractivity contribution < 1.29 is 0 Å². The first kappa shape index (κ1) is 7.71.